The highest BCUT2D eigenvalue weighted by Gasteiger charge is 2.73. The molecule has 4 aliphatic carbocycles. The molecule has 0 aromatic carbocycles. The Morgan fingerprint density at radius 2 is 1.73 bits per heavy atom. The molecule has 1 nitrogen and oxygen atoms in total. The van der Waals surface area contributed by atoms with Gasteiger partial charge in [0, 0.05) is 0 Å². The maximum atomic E-state index is 5.87. The van der Waals surface area contributed by atoms with E-state index < -0.39 is 0 Å². The van der Waals surface area contributed by atoms with Crippen LogP contribution in [0.5, 0.6) is 0 Å². The molecule has 0 amide bonds. The lowest BCUT2D eigenvalue weighted by molar-refractivity contribution is 0.117. The molecular weight excluding hydrogens is 184 g/mol. The van der Waals surface area contributed by atoms with Crippen LogP contribution in [0.1, 0.15) is 32.6 Å². The Balaban J connectivity index is 1.56. The summed E-state index contributed by atoms with van der Waals surface area (Å²) < 4.78 is 5.87. The normalized spacial score (nSPS) is 72.2. The van der Waals surface area contributed by atoms with E-state index in [1.165, 1.54) is 6.42 Å². The predicted octanol–water partition coefficient (Wildman–Crippen LogP) is 2.70. The average Bonchev–Trinajstić information content (AvgIpc) is 2.69. The quantitative estimate of drug-likeness (QED) is 0.472. The van der Waals surface area contributed by atoms with Crippen LogP contribution < -0.4 is 0 Å². The first-order chi connectivity index (χ1) is 7.38. The molecule has 9 atom stereocenters. The fraction of sp³-hybridized carbons (Fsp3) is 1.00. The molecule has 5 aliphatic rings. The lowest BCUT2D eigenvalue weighted by atomic mass is 9.67. The largest absolute Gasteiger partial charge is 0.369 e. The van der Waals surface area contributed by atoms with E-state index in [1.807, 2.05) is 0 Å². The molecule has 5 rings (SSSR count). The number of hydrogen-bond donors (Lipinski definition) is 0. The minimum atomic E-state index is 0.744. The summed E-state index contributed by atoms with van der Waals surface area (Å²) in [4.78, 5) is 0. The molecule has 0 radical (unpaired) electrons. The van der Waals surface area contributed by atoms with E-state index >= 15 is 0 Å². The summed E-state index contributed by atoms with van der Waals surface area (Å²) in [5.74, 6) is 7.57. The number of epoxide rings is 1. The third-order valence-corrected chi connectivity index (χ3v) is 6.73. The second-order valence-corrected chi connectivity index (χ2v) is 6.85. The van der Waals surface area contributed by atoms with Crippen LogP contribution in [0, 0.1) is 41.4 Å². The zero-order chi connectivity index (χ0) is 9.73. The van der Waals surface area contributed by atoms with Crippen LogP contribution in [0.15, 0.2) is 0 Å². The van der Waals surface area contributed by atoms with Gasteiger partial charge in [0.05, 0.1) is 12.2 Å². The van der Waals surface area contributed by atoms with Crippen LogP contribution >= 0.6 is 0 Å². The Labute approximate surface area is 91.6 Å². The van der Waals surface area contributed by atoms with Crippen molar-refractivity contribution in [3.63, 3.8) is 0 Å². The third-order valence-electron chi connectivity index (χ3n) is 6.73. The SMILES string of the molecule is CCC1CC2CC1C1C3CC(C4OC34)C21. The van der Waals surface area contributed by atoms with Crippen LogP contribution in [0.4, 0.5) is 0 Å². The Kier molecular flexibility index (Phi) is 1.24. The van der Waals surface area contributed by atoms with E-state index in [2.05, 4.69) is 6.92 Å². The monoisotopic (exact) mass is 204 g/mol. The lowest BCUT2D eigenvalue weighted by Crippen LogP contribution is -2.35. The molecule has 4 bridgehead atoms. The van der Waals surface area contributed by atoms with Crippen molar-refractivity contribution in [1.82, 2.24) is 0 Å². The zero-order valence-electron chi connectivity index (χ0n) is 9.43. The van der Waals surface area contributed by atoms with Crippen molar-refractivity contribution in [3.8, 4) is 0 Å². The van der Waals surface area contributed by atoms with Gasteiger partial charge in [-0.05, 0) is 60.7 Å². The molecule has 0 aromatic heterocycles. The summed E-state index contributed by atoms with van der Waals surface area (Å²) >= 11 is 0. The van der Waals surface area contributed by atoms with Crippen molar-refractivity contribution in [2.75, 3.05) is 0 Å². The zero-order valence-corrected chi connectivity index (χ0v) is 9.43. The molecule has 4 saturated carbocycles. The van der Waals surface area contributed by atoms with Gasteiger partial charge in [-0.2, -0.15) is 0 Å². The molecule has 0 aromatic rings. The van der Waals surface area contributed by atoms with Crippen LogP contribution in [0.25, 0.3) is 0 Å². The Morgan fingerprint density at radius 1 is 0.933 bits per heavy atom. The molecule has 1 heterocycles. The fourth-order valence-electron chi connectivity index (χ4n) is 6.45. The van der Waals surface area contributed by atoms with Crippen molar-refractivity contribution in [1.29, 1.82) is 0 Å². The van der Waals surface area contributed by atoms with Gasteiger partial charge in [-0.3, -0.25) is 0 Å². The molecule has 82 valence electrons. The molecular formula is C14H20O. The highest BCUT2D eigenvalue weighted by molar-refractivity contribution is 5.20. The summed E-state index contributed by atoms with van der Waals surface area (Å²) in [6.07, 6.45) is 7.65. The topological polar surface area (TPSA) is 12.5 Å². The van der Waals surface area contributed by atoms with Crippen LogP contribution in [-0.4, -0.2) is 12.2 Å². The number of rotatable bonds is 1. The summed E-state index contributed by atoms with van der Waals surface area (Å²) in [5.41, 5.74) is 0. The summed E-state index contributed by atoms with van der Waals surface area (Å²) in [7, 11) is 0. The summed E-state index contributed by atoms with van der Waals surface area (Å²) in [6, 6.07) is 0. The first kappa shape index (κ1) is 8.11. The smallest absolute Gasteiger partial charge is 0.0875 e. The third kappa shape index (κ3) is 0.740. The minimum absolute atomic E-state index is 0.744. The van der Waals surface area contributed by atoms with E-state index in [9.17, 15) is 0 Å². The fourth-order valence-corrected chi connectivity index (χ4v) is 6.45. The minimum Gasteiger partial charge on any atom is -0.369 e. The predicted molar refractivity (Wildman–Crippen MR) is 57.2 cm³/mol. The Hall–Kier alpha value is -0.0400. The van der Waals surface area contributed by atoms with Crippen LogP contribution in [0.2, 0.25) is 0 Å². The average molecular weight is 204 g/mol. The van der Waals surface area contributed by atoms with E-state index in [-0.39, 0.29) is 0 Å². The van der Waals surface area contributed by atoms with Crippen LogP contribution in [-0.2, 0) is 4.74 Å². The van der Waals surface area contributed by atoms with Gasteiger partial charge in [-0.1, -0.05) is 13.3 Å². The van der Waals surface area contributed by atoms with Crippen molar-refractivity contribution in [3.05, 3.63) is 0 Å². The number of ether oxygens (including phenoxy) is 1. The van der Waals surface area contributed by atoms with E-state index in [0.717, 1.165) is 53.6 Å². The maximum absolute atomic E-state index is 5.87. The van der Waals surface area contributed by atoms with Gasteiger partial charge in [-0.15, -0.1) is 0 Å². The molecule has 0 N–H and O–H groups in total. The van der Waals surface area contributed by atoms with E-state index in [0.29, 0.717) is 0 Å². The molecule has 1 saturated heterocycles. The van der Waals surface area contributed by atoms with E-state index in [1.54, 1.807) is 19.3 Å². The Bertz CT molecular complexity index is 325. The summed E-state index contributed by atoms with van der Waals surface area (Å²) in [6.45, 7) is 2.41. The van der Waals surface area contributed by atoms with Gasteiger partial charge in [-0.25, -0.2) is 0 Å². The van der Waals surface area contributed by atoms with Gasteiger partial charge >= 0.3 is 0 Å². The van der Waals surface area contributed by atoms with Crippen LogP contribution in [0.3, 0.4) is 0 Å². The number of hydrogen-bond acceptors (Lipinski definition) is 1. The summed E-state index contributed by atoms with van der Waals surface area (Å²) in [5, 5.41) is 0. The molecule has 15 heavy (non-hydrogen) atoms. The second-order valence-electron chi connectivity index (χ2n) is 6.85. The van der Waals surface area contributed by atoms with Gasteiger partial charge in [0.25, 0.3) is 0 Å². The van der Waals surface area contributed by atoms with Gasteiger partial charge in [0.1, 0.15) is 0 Å². The molecule has 1 heteroatoms. The standard InChI is InChI=1S/C14H20O/c1-2-6-3-7-4-8(6)12-10-5-9(11(7)12)13-14(10)15-13/h6-14H,2-5H2,1H3. The number of fused-ring (bicyclic) bond motifs is 12. The van der Waals surface area contributed by atoms with Gasteiger partial charge in [0.2, 0.25) is 0 Å². The van der Waals surface area contributed by atoms with Gasteiger partial charge < -0.3 is 4.74 Å². The first-order valence-corrected chi connectivity index (χ1v) is 7.04. The van der Waals surface area contributed by atoms with Crippen molar-refractivity contribution in [2.45, 2.75) is 44.8 Å². The van der Waals surface area contributed by atoms with E-state index in [4.69, 9.17) is 4.74 Å². The highest BCUT2D eigenvalue weighted by atomic mass is 16.6. The van der Waals surface area contributed by atoms with Crippen molar-refractivity contribution >= 4 is 0 Å². The van der Waals surface area contributed by atoms with Crippen molar-refractivity contribution < 1.29 is 4.74 Å². The van der Waals surface area contributed by atoms with Gasteiger partial charge in [0.15, 0.2) is 0 Å². The molecule has 1 aliphatic heterocycles. The molecule has 5 fully saturated rings. The maximum Gasteiger partial charge on any atom is 0.0875 e. The Morgan fingerprint density at radius 3 is 2.53 bits per heavy atom. The highest BCUT2D eigenvalue weighted by Crippen LogP contribution is 2.73. The molecule has 0 spiro atoms. The second kappa shape index (κ2) is 2.30. The lowest BCUT2D eigenvalue weighted by Gasteiger charge is -2.37. The molecule has 9 unspecified atom stereocenters. The first-order valence-electron chi connectivity index (χ1n) is 7.04. The van der Waals surface area contributed by atoms with Crippen molar-refractivity contribution in [2.24, 2.45) is 41.4 Å².